The van der Waals surface area contributed by atoms with Gasteiger partial charge in [-0.05, 0) is 72.2 Å². The summed E-state index contributed by atoms with van der Waals surface area (Å²) in [6.07, 6.45) is 0. The third kappa shape index (κ3) is 4.08. The van der Waals surface area contributed by atoms with Crippen LogP contribution in [0.4, 0.5) is 10.1 Å². The number of benzene rings is 2. The molecule has 0 aliphatic heterocycles. The van der Waals surface area contributed by atoms with Gasteiger partial charge in [0.2, 0.25) is 11.1 Å². The molecule has 1 N–H and O–H groups in total. The molecule has 1 amide bonds. The van der Waals surface area contributed by atoms with Crippen LogP contribution >= 0.6 is 11.8 Å². The summed E-state index contributed by atoms with van der Waals surface area (Å²) in [5.41, 5.74) is 4.10. The molecule has 0 aliphatic carbocycles. The van der Waals surface area contributed by atoms with Crippen molar-refractivity contribution in [2.24, 2.45) is 0 Å². The second-order valence-electron chi connectivity index (χ2n) is 5.94. The fourth-order valence-electron chi connectivity index (χ4n) is 2.29. The average Bonchev–Trinajstić information content (AvgIpc) is 3.07. The lowest BCUT2D eigenvalue weighted by atomic mass is 10.1. The van der Waals surface area contributed by atoms with E-state index in [0.29, 0.717) is 16.4 Å². The van der Waals surface area contributed by atoms with Crippen molar-refractivity contribution in [2.45, 2.75) is 25.9 Å². The van der Waals surface area contributed by atoms with E-state index >= 15 is 0 Å². The Balaban J connectivity index is 1.66. The number of nitrogens with zero attached hydrogens (tertiary/aromatic N) is 4. The van der Waals surface area contributed by atoms with Gasteiger partial charge in [0, 0.05) is 5.69 Å². The van der Waals surface area contributed by atoms with Gasteiger partial charge in [-0.15, -0.1) is 5.10 Å². The molecule has 134 valence electrons. The van der Waals surface area contributed by atoms with Crippen molar-refractivity contribution in [3.05, 3.63) is 58.9 Å². The van der Waals surface area contributed by atoms with Gasteiger partial charge >= 0.3 is 0 Å². The van der Waals surface area contributed by atoms with E-state index in [1.54, 1.807) is 23.7 Å². The minimum atomic E-state index is -0.353. The second kappa shape index (κ2) is 7.65. The molecule has 0 aliphatic rings. The molecule has 2 aromatic carbocycles. The van der Waals surface area contributed by atoms with Crippen molar-refractivity contribution in [1.82, 2.24) is 20.2 Å². The minimum absolute atomic E-state index is 0.112. The second-order valence-corrected chi connectivity index (χ2v) is 6.89. The SMILES string of the molecule is Cc1ccc(-n2nnnc2SCC(=O)Nc2ccc(C)c(F)c2)cc1C. The first kappa shape index (κ1) is 18.1. The standard InChI is InChI=1S/C18H18FN5OS/c1-11-5-7-15(8-13(11)3)24-18(21-22-23-24)26-10-17(25)20-14-6-4-12(2)16(19)9-14/h4-9H,10H2,1-3H3,(H,20,25). The van der Waals surface area contributed by atoms with Crippen molar-refractivity contribution in [3.63, 3.8) is 0 Å². The molecule has 3 aromatic rings. The number of amides is 1. The monoisotopic (exact) mass is 371 g/mol. The van der Waals surface area contributed by atoms with Crippen LogP contribution in [0.5, 0.6) is 0 Å². The normalized spacial score (nSPS) is 10.8. The Morgan fingerprint density at radius 3 is 2.62 bits per heavy atom. The summed E-state index contributed by atoms with van der Waals surface area (Å²) >= 11 is 1.21. The smallest absolute Gasteiger partial charge is 0.234 e. The molecule has 0 saturated carbocycles. The summed E-state index contributed by atoms with van der Waals surface area (Å²) in [5.74, 6) is -0.497. The van der Waals surface area contributed by atoms with Gasteiger partial charge in [0.1, 0.15) is 5.82 Å². The fourth-order valence-corrected chi connectivity index (χ4v) is 2.98. The van der Waals surface area contributed by atoms with Crippen molar-refractivity contribution < 1.29 is 9.18 Å². The van der Waals surface area contributed by atoms with Crippen molar-refractivity contribution in [1.29, 1.82) is 0 Å². The van der Waals surface area contributed by atoms with E-state index in [-0.39, 0.29) is 17.5 Å². The van der Waals surface area contributed by atoms with Gasteiger partial charge < -0.3 is 5.32 Å². The number of hydrogen-bond acceptors (Lipinski definition) is 5. The summed E-state index contributed by atoms with van der Waals surface area (Å²) in [6, 6.07) is 10.5. The number of aromatic nitrogens is 4. The third-order valence-electron chi connectivity index (χ3n) is 3.96. The molecule has 0 fully saturated rings. The van der Waals surface area contributed by atoms with Gasteiger partial charge in [-0.25, -0.2) is 4.39 Å². The summed E-state index contributed by atoms with van der Waals surface area (Å²) in [7, 11) is 0. The zero-order chi connectivity index (χ0) is 18.7. The van der Waals surface area contributed by atoms with Crippen LogP contribution in [0.15, 0.2) is 41.6 Å². The van der Waals surface area contributed by atoms with E-state index in [9.17, 15) is 9.18 Å². The van der Waals surface area contributed by atoms with Crippen LogP contribution in [0, 0.1) is 26.6 Å². The lowest BCUT2D eigenvalue weighted by molar-refractivity contribution is -0.113. The summed E-state index contributed by atoms with van der Waals surface area (Å²) in [6.45, 7) is 5.72. The van der Waals surface area contributed by atoms with Crippen LogP contribution in [-0.4, -0.2) is 31.9 Å². The van der Waals surface area contributed by atoms with Crippen LogP contribution in [-0.2, 0) is 4.79 Å². The average molecular weight is 371 g/mol. The highest BCUT2D eigenvalue weighted by Gasteiger charge is 2.12. The molecule has 0 atom stereocenters. The van der Waals surface area contributed by atoms with E-state index in [1.165, 1.54) is 23.4 Å². The number of carbonyl (C=O) groups is 1. The number of carbonyl (C=O) groups excluding carboxylic acids is 1. The molecule has 1 aromatic heterocycles. The lowest BCUT2D eigenvalue weighted by Gasteiger charge is -2.08. The van der Waals surface area contributed by atoms with Crippen LogP contribution in [0.2, 0.25) is 0 Å². The van der Waals surface area contributed by atoms with Crippen LogP contribution in [0.25, 0.3) is 5.69 Å². The summed E-state index contributed by atoms with van der Waals surface area (Å²) in [4.78, 5) is 12.1. The quantitative estimate of drug-likeness (QED) is 0.696. The van der Waals surface area contributed by atoms with E-state index in [1.807, 2.05) is 32.0 Å². The van der Waals surface area contributed by atoms with Gasteiger partial charge in [0.05, 0.1) is 11.4 Å². The number of aryl methyl sites for hydroxylation is 3. The molecule has 0 unspecified atom stereocenters. The highest BCUT2D eigenvalue weighted by Crippen LogP contribution is 2.21. The number of hydrogen-bond donors (Lipinski definition) is 1. The highest BCUT2D eigenvalue weighted by molar-refractivity contribution is 7.99. The van der Waals surface area contributed by atoms with Crippen LogP contribution < -0.4 is 5.32 Å². The predicted octanol–water partition coefficient (Wildman–Crippen LogP) is 3.46. The van der Waals surface area contributed by atoms with Gasteiger partial charge in [-0.3, -0.25) is 4.79 Å². The maximum atomic E-state index is 13.6. The zero-order valence-electron chi connectivity index (χ0n) is 14.7. The number of anilines is 1. The molecule has 26 heavy (non-hydrogen) atoms. The summed E-state index contributed by atoms with van der Waals surface area (Å²) < 4.78 is 15.1. The molecule has 0 bridgehead atoms. The van der Waals surface area contributed by atoms with Crippen molar-refractivity contribution in [3.8, 4) is 5.69 Å². The van der Waals surface area contributed by atoms with Gasteiger partial charge in [-0.2, -0.15) is 4.68 Å². The Morgan fingerprint density at radius 1 is 1.12 bits per heavy atom. The first-order valence-corrected chi connectivity index (χ1v) is 8.97. The van der Waals surface area contributed by atoms with Gasteiger partial charge in [0.25, 0.3) is 0 Å². The van der Waals surface area contributed by atoms with E-state index in [0.717, 1.165) is 11.3 Å². The zero-order valence-corrected chi connectivity index (χ0v) is 15.5. The Morgan fingerprint density at radius 2 is 1.88 bits per heavy atom. The van der Waals surface area contributed by atoms with Crippen molar-refractivity contribution in [2.75, 3.05) is 11.1 Å². The number of tetrazole rings is 1. The number of halogens is 1. The van der Waals surface area contributed by atoms with Gasteiger partial charge in [-0.1, -0.05) is 23.9 Å². The molecule has 0 spiro atoms. The predicted molar refractivity (Wildman–Crippen MR) is 99.1 cm³/mol. The van der Waals surface area contributed by atoms with Crippen LogP contribution in [0.1, 0.15) is 16.7 Å². The maximum absolute atomic E-state index is 13.6. The van der Waals surface area contributed by atoms with Gasteiger partial charge in [0.15, 0.2) is 0 Å². The van der Waals surface area contributed by atoms with E-state index < -0.39 is 0 Å². The highest BCUT2D eigenvalue weighted by atomic mass is 32.2. The van der Waals surface area contributed by atoms with Crippen LogP contribution in [0.3, 0.4) is 0 Å². The fraction of sp³-hybridized carbons (Fsp3) is 0.222. The third-order valence-corrected chi connectivity index (χ3v) is 4.88. The first-order chi connectivity index (χ1) is 12.4. The molecule has 1 heterocycles. The molecule has 8 heteroatoms. The Labute approximate surface area is 154 Å². The Kier molecular flexibility index (Phi) is 5.32. The molecule has 6 nitrogen and oxygen atoms in total. The summed E-state index contributed by atoms with van der Waals surface area (Å²) in [5, 5.41) is 14.8. The molecule has 3 rings (SSSR count). The number of rotatable bonds is 5. The minimum Gasteiger partial charge on any atom is -0.325 e. The molecular weight excluding hydrogens is 353 g/mol. The van der Waals surface area contributed by atoms with Crippen molar-refractivity contribution >= 4 is 23.4 Å². The van der Waals surface area contributed by atoms with E-state index in [4.69, 9.17) is 0 Å². The number of thioether (sulfide) groups is 1. The first-order valence-electron chi connectivity index (χ1n) is 7.99. The maximum Gasteiger partial charge on any atom is 0.234 e. The lowest BCUT2D eigenvalue weighted by Crippen LogP contribution is -2.14. The topological polar surface area (TPSA) is 72.7 Å². The largest absolute Gasteiger partial charge is 0.325 e. The number of nitrogens with one attached hydrogen (secondary N) is 1. The molecule has 0 saturated heterocycles. The Bertz CT molecular complexity index is 957. The molecular formula is C18H18FN5OS. The van der Waals surface area contributed by atoms with E-state index in [2.05, 4.69) is 20.8 Å². The molecule has 0 radical (unpaired) electrons. The Hall–Kier alpha value is -2.74.